The van der Waals surface area contributed by atoms with Crippen LogP contribution in [0.1, 0.15) is 27.2 Å². The lowest BCUT2D eigenvalue weighted by atomic mass is 10.1. The molecule has 2 aromatic carbocycles. The molecule has 0 saturated carbocycles. The summed E-state index contributed by atoms with van der Waals surface area (Å²) in [4.78, 5) is 12.1. The number of nitrogens with zero attached hydrogens (tertiary/aromatic N) is 1. The molecular formula is C21H22N2O2S. The molecule has 1 saturated heterocycles. The molecule has 0 atom stereocenters. The first-order valence-electron chi connectivity index (χ1n) is 8.83. The number of carboxylic acids is 1. The Balaban J connectivity index is 1.78. The van der Waals surface area contributed by atoms with Crippen molar-refractivity contribution in [2.45, 2.75) is 26.1 Å². The third-order valence-electron chi connectivity index (χ3n) is 4.95. The van der Waals surface area contributed by atoms with Crippen LogP contribution in [0.3, 0.4) is 0 Å². The van der Waals surface area contributed by atoms with Crippen molar-refractivity contribution in [3.8, 4) is 0 Å². The number of hydrogen-bond donors (Lipinski definition) is 2. The molecule has 0 spiro atoms. The summed E-state index contributed by atoms with van der Waals surface area (Å²) < 4.78 is 1.94. The van der Waals surface area contributed by atoms with Crippen LogP contribution in [0.15, 0.2) is 48.5 Å². The largest absolute Gasteiger partial charge is 0.477 e. The summed E-state index contributed by atoms with van der Waals surface area (Å²) in [5.74, 6) is 1.34. The fourth-order valence-electron chi connectivity index (χ4n) is 3.44. The van der Waals surface area contributed by atoms with Crippen molar-refractivity contribution in [2.75, 3.05) is 11.5 Å². The second kappa shape index (κ2) is 7.17. The van der Waals surface area contributed by atoms with Gasteiger partial charge in [0.25, 0.3) is 0 Å². The van der Waals surface area contributed by atoms with Gasteiger partial charge in [-0.25, -0.2) is 4.79 Å². The monoisotopic (exact) mass is 366 g/mol. The second-order valence-corrected chi connectivity index (χ2v) is 7.91. The zero-order chi connectivity index (χ0) is 18.1. The molecule has 5 heteroatoms. The highest BCUT2D eigenvalue weighted by Gasteiger charge is 2.24. The summed E-state index contributed by atoms with van der Waals surface area (Å²) in [7, 11) is 0. The first-order chi connectivity index (χ1) is 12.6. The van der Waals surface area contributed by atoms with Crippen molar-refractivity contribution in [2.24, 2.45) is 0 Å². The molecular weight excluding hydrogens is 344 g/mol. The van der Waals surface area contributed by atoms with E-state index in [4.69, 9.17) is 0 Å². The van der Waals surface area contributed by atoms with E-state index in [1.165, 1.54) is 5.56 Å². The Morgan fingerprint density at radius 2 is 1.92 bits per heavy atom. The number of para-hydroxylation sites is 1. The number of benzene rings is 2. The summed E-state index contributed by atoms with van der Waals surface area (Å²) in [5.41, 5.74) is 4.57. The molecule has 2 N–H and O–H groups in total. The minimum absolute atomic E-state index is 0.395. The summed E-state index contributed by atoms with van der Waals surface area (Å²) in [5, 5.41) is 14.5. The van der Waals surface area contributed by atoms with Crippen LogP contribution < -0.4 is 5.32 Å². The number of carboxylic acid groups (broad SMARTS) is 1. The maximum absolute atomic E-state index is 12.1. The Morgan fingerprint density at radius 3 is 2.58 bits per heavy atom. The number of rotatable bonds is 6. The van der Waals surface area contributed by atoms with Gasteiger partial charge in [0.05, 0.1) is 0 Å². The molecule has 0 radical (unpaired) electrons. The van der Waals surface area contributed by atoms with Crippen LogP contribution in [0.25, 0.3) is 10.9 Å². The standard InChI is InChI=1S/C21H22N2O2S/c1-14-6-8-15(9-7-14)11-23-19-5-3-2-4-17(19)18(20(23)21(24)25)10-22-16-12-26-13-16/h2-9,16,22H,10-13H2,1H3,(H,24,25). The topological polar surface area (TPSA) is 54.3 Å². The van der Waals surface area contributed by atoms with Gasteiger partial charge in [-0.15, -0.1) is 0 Å². The maximum atomic E-state index is 12.1. The van der Waals surface area contributed by atoms with Crippen molar-refractivity contribution >= 4 is 28.6 Å². The van der Waals surface area contributed by atoms with E-state index in [1.807, 2.05) is 40.6 Å². The molecule has 2 heterocycles. The number of nitrogens with one attached hydrogen (secondary N) is 1. The van der Waals surface area contributed by atoms with Crippen molar-refractivity contribution in [1.29, 1.82) is 0 Å². The van der Waals surface area contributed by atoms with Crippen LogP contribution in [-0.4, -0.2) is 33.2 Å². The van der Waals surface area contributed by atoms with Gasteiger partial charge in [-0.05, 0) is 18.6 Å². The minimum atomic E-state index is -0.868. The van der Waals surface area contributed by atoms with E-state index >= 15 is 0 Å². The highest BCUT2D eigenvalue weighted by molar-refractivity contribution is 8.00. The number of carbonyl (C=O) groups is 1. The Hall–Kier alpha value is -2.24. The van der Waals surface area contributed by atoms with Crippen LogP contribution in [0.4, 0.5) is 0 Å². The normalized spacial score (nSPS) is 14.5. The first-order valence-corrected chi connectivity index (χ1v) is 9.99. The maximum Gasteiger partial charge on any atom is 0.352 e. The highest BCUT2D eigenvalue weighted by atomic mass is 32.2. The van der Waals surface area contributed by atoms with Crippen molar-refractivity contribution in [3.63, 3.8) is 0 Å². The van der Waals surface area contributed by atoms with Crippen LogP contribution in [0, 0.1) is 6.92 Å². The van der Waals surface area contributed by atoms with E-state index in [9.17, 15) is 9.90 Å². The number of aromatic carboxylic acids is 1. The molecule has 0 amide bonds. The lowest BCUT2D eigenvalue weighted by Gasteiger charge is -2.26. The molecule has 1 aliphatic heterocycles. The molecule has 0 aliphatic carbocycles. The number of hydrogen-bond acceptors (Lipinski definition) is 3. The molecule has 1 aliphatic rings. The predicted molar refractivity (Wildman–Crippen MR) is 107 cm³/mol. The third kappa shape index (κ3) is 3.24. The van der Waals surface area contributed by atoms with E-state index in [0.29, 0.717) is 24.8 Å². The van der Waals surface area contributed by atoms with Gasteiger partial charge >= 0.3 is 5.97 Å². The van der Waals surface area contributed by atoms with Gasteiger partial charge in [0.1, 0.15) is 5.69 Å². The van der Waals surface area contributed by atoms with E-state index in [1.54, 1.807) is 0 Å². The number of aryl methyl sites for hydroxylation is 1. The quantitative estimate of drug-likeness (QED) is 0.695. The van der Waals surface area contributed by atoms with Crippen molar-refractivity contribution < 1.29 is 9.90 Å². The molecule has 1 aromatic heterocycles. The molecule has 26 heavy (non-hydrogen) atoms. The summed E-state index contributed by atoms with van der Waals surface area (Å²) in [6.07, 6.45) is 0. The second-order valence-electron chi connectivity index (χ2n) is 6.84. The van der Waals surface area contributed by atoms with Gasteiger partial charge in [0.15, 0.2) is 0 Å². The average molecular weight is 366 g/mol. The number of aromatic nitrogens is 1. The molecule has 4 rings (SSSR count). The van der Waals surface area contributed by atoms with Crippen molar-refractivity contribution in [1.82, 2.24) is 9.88 Å². The lowest BCUT2D eigenvalue weighted by molar-refractivity contribution is 0.0684. The van der Waals surface area contributed by atoms with Crippen LogP contribution in [0.5, 0.6) is 0 Å². The molecule has 1 fully saturated rings. The van der Waals surface area contributed by atoms with Crippen LogP contribution in [0.2, 0.25) is 0 Å². The predicted octanol–water partition coefficient (Wildman–Crippen LogP) is 3.90. The summed E-state index contributed by atoms with van der Waals surface area (Å²) in [6.45, 7) is 3.20. The summed E-state index contributed by atoms with van der Waals surface area (Å²) >= 11 is 1.92. The van der Waals surface area contributed by atoms with E-state index in [2.05, 4.69) is 36.5 Å². The molecule has 134 valence electrons. The zero-order valence-electron chi connectivity index (χ0n) is 14.7. The van der Waals surface area contributed by atoms with Gasteiger partial charge in [0, 0.05) is 47.1 Å². The van der Waals surface area contributed by atoms with Crippen LogP contribution in [-0.2, 0) is 13.1 Å². The highest BCUT2D eigenvalue weighted by Crippen LogP contribution is 2.28. The SMILES string of the molecule is Cc1ccc(Cn2c(C(=O)O)c(CNC3CSC3)c3ccccc32)cc1. The fraction of sp³-hybridized carbons (Fsp3) is 0.286. The van der Waals surface area contributed by atoms with Gasteiger partial charge in [-0.3, -0.25) is 0 Å². The third-order valence-corrected chi connectivity index (χ3v) is 6.22. The van der Waals surface area contributed by atoms with E-state index in [-0.39, 0.29) is 0 Å². The first kappa shape index (κ1) is 17.2. The van der Waals surface area contributed by atoms with E-state index < -0.39 is 5.97 Å². The molecule has 0 bridgehead atoms. The van der Waals surface area contributed by atoms with Gasteiger partial charge < -0.3 is 15.0 Å². The fourth-order valence-corrected chi connectivity index (χ4v) is 4.15. The Labute approximate surface area is 157 Å². The minimum Gasteiger partial charge on any atom is -0.477 e. The number of thioether (sulfide) groups is 1. The Kier molecular flexibility index (Phi) is 4.74. The summed E-state index contributed by atoms with van der Waals surface area (Å²) in [6, 6.07) is 16.8. The smallest absolute Gasteiger partial charge is 0.352 e. The lowest BCUT2D eigenvalue weighted by Crippen LogP contribution is -2.39. The van der Waals surface area contributed by atoms with E-state index in [0.717, 1.165) is 33.5 Å². The zero-order valence-corrected chi connectivity index (χ0v) is 15.6. The van der Waals surface area contributed by atoms with Gasteiger partial charge in [-0.1, -0.05) is 48.0 Å². The Morgan fingerprint density at radius 1 is 1.19 bits per heavy atom. The molecule has 0 unspecified atom stereocenters. The number of fused-ring (bicyclic) bond motifs is 1. The average Bonchev–Trinajstić information content (AvgIpc) is 2.90. The van der Waals surface area contributed by atoms with Gasteiger partial charge in [-0.2, -0.15) is 11.8 Å². The van der Waals surface area contributed by atoms with Gasteiger partial charge in [0.2, 0.25) is 0 Å². The Bertz CT molecular complexity index is 943. The van der Waals surface area contributed by atoms with Crippen LogP contribution >= 0.6 is 11.8 Å². The van der Waals surface area contributed by atoms with Crippen molar-refractivity contribution in [3.05, 3.63) is 70.9 Å². The molecule has 4 nitrogen and oxygen atoms in total. The molecule has 3 aromatic rings.